The maximum absolute atomic E-state index is 9.40. The summed E-state index contributed by atoms with van der Waals surface area (Å²) in [6, 6.07) is 14.1. The fourth-order valence-corrected chi connectivity index (χ4v) is 2.78. The van der Waals surface area contributed by atoms with E-state index in [4.69, 9.17) is 4.42 Å². The van der Waals surface area contributed by atoms with Gasteiger partial charge in [-0.3, -0.25) is 0 Å². The lowest BCUT2D eigenvalue weighted by molar-refractivity contribution is 0.302. The number of aryl methyl sites for hydroxylation is 2. The van der Waals surface area contributed by atoms with E-state index in [9.17, 15) is 5.21 Å². The predicted octanol–water partition coefficient (Wildman–Crippen LogP) is 5.30. The molecule has 0 fully saturated rings. The van der Waals surface area contributed by atoms with Gasteiger partial charge in [0, 0.05) is 17.0 Å². The van der Waals surface area contributed by atoms with E-state index in [1.54, 1.807) is 6.07 Å². The molecule has 3 aromatic rings. The fraction of sp³-hybridized carbons (Fsp3) is 0.286. The molecule has 0 spiro atoms. The number of benzene rings is 2. The highest BCUT2D eigenvalue weighted by atomic mass is 16.4. The maximum atomic E-state index is 9.40. The minimum absolute atomic E-state index is 0.110. The van der Waals surface area contributed by atoms with Crippen LogP contribution in [0.2, 0.25) is 0 Å². The van der Waals surface area contributed by atoms with E-state index in [-0.39, 0.29) is 5.41 Å². The van der Waals surface area contributed by atoms with Crippen molar-refractivity contribution < 1.29 is 9.62 Å². The minimum atomic E-state index is 0.110. The zero-order valence-electron chi connectivity index (χ0n) is 14.8. The van der Waals surface area contributed by atoms with Gasteiger partial charge in [-0.2, -0.15) is 0 Å². The van der Waals surface area contributed by atoms with E-state index < -0.39 is 0 Å². The summed E-state index contributed by atoms with van der Waals surface area (Å²) in [6.45, 7) is 10.7. The molecule has 124 valence electrons. The summed E-state index contributed by atoms with van der Waals surface area (Å²) in [5.41, 5.74) is 5.36. The number of hydrogen-bond donors (Lipinski definition) is 1. The summed E-state index contributed by atoms with van der Waals surface area (Å²) in [5.74, 6) is 0.694. The van der Waals surface area contributed by atoms with Gasteiger partial charge in [-0.1, -0.05) is 50.2 Å². The Hall–Kier alpha value is -2.55. The maximum Gasteiger partial charge on any atom is 0.137 e. The molecule has 3 rings (SSSR count). The van der Waals surface area contributed by atoms with E-state index in [0.717, 1.165) is 27.7 Å². The van der Waals surface area contributed by atoms with Crippen molar-refractivity contribution in [2.45, 2.75) is 40.0 Å². The highest BCUT2D eigenvalue weighted by Crippen LogP contribution is 2.27. The predicted molar refractivity (Wildman–Crippen MR) is 97.2 cm³/mol. The molecule has 1 N–H and O–H groups in total. The van der Waals surface area contributed by atoms with E-state index in [1.165, 1.54) is 5.56 Å². The van der Waals surface area contributed by atoms with Crippen LogP contribution in [0.4, 0.5) is 0 Å². The third-order valence-electron chi connectivity index (χ3n) is 4.50. The Balaban J connectivity index is 2.18. The molecule has 0 aliphatic rings. The first kappa shape index (κ1) is 16.3. The molecule has 0 radical (unpaired) electrons. The van der Waals surface area contributed by atoms with Crippen molar-refractivity contribution in [1.29, 1.82) is 0 Å². The molecule has 0 saturated heterocycles. The first-order valence-electron chi connectivity index (χ1n) is 8.14. The van der Waals surface area contributed by atoms with Gasteiger partial charge in [0.1, 0.15) is 16.7 Å². The smallest absolute Gasteiger partial charge is 0.137 e. The van der Waals surface area contributed by atoms with Crippen molar-refractivity contribution in [3.05, 3.63) is 64.5 Å². The number of fused-ring (bicyclic) bond motifs is 1. The summed E-state index contributed by atoms with van der Waals surface area (Å²) < 4.78 is 6.08. The summed E-state index contributed by atoms with van der Waals surface area (Å²) in [5, 5.41) is 14.2. The van der Waals surface area contributed by atoms with Gasteiger partial charge >= 0.3 is 0 Å². The SMILES string of the molecule is Cc1cc2oc(-c3ccc(C(C)(C)C)cc3)c/c(=N/O)c2cc1C. The molecule has 0 bridgehead atoms. The Bertz CT molecular complexity index is 958. The lowest BCUT2D eigenvalue weighted by Crippen LogP contribution is -2.10. The Morgan fingerprint density at radius 3 is 2.12 bits per heavy atom. The third kappa shape index (κ3) is 2.94. The van der Waals surface area contributed by atoms with Crippen LogP contribution < -0.4 is 5.36 Å². The van der Waals surface area contributed by atoms with E-state index in [1.807, 2.05) is 38.1 Å². The Kier molecular flexibility index (Phi) is 3.96. The molecule has 0 aliphatic heterocycles. The molecular weight excluding hydrogens is 298 g/mol. The highest BCUT2D eigenvalue weighted by Gasteiger charge is 2.14. The Morgan fingerprint density at radius 2 is 1.54 bits per heavy atom. The van der Waals surface area contributed by atoms with Crippen LogP contribution in [0.3, 0.4) is 0 Å². The van der Waals surface area contributed by atoms with Crippen molar-refractivity contribution in [1.82, 2.24) is 0 Å². The van der Waals surface area contributed by atoms with Crippen LogP contribution >= 0.6 is 0 Å². The molecule has 3 heteroatoms. The normalized spacial score (nSPS) is 12.8. The van der Waals surface area contributed by atoms with Gasteiger partial charge in [0.05, 0.1) is 0 Å². The quantitative estimate of drug-likeness (QED) is 0.488. The summed E-state index contributed by atoms with van der Waals surface area (Å²) in [7, 11) is 0. The monoisotopic (exact) mass is 321 g/mol. The van der Waals surface area contributed by atoms with Gasteiger partial charge < -0.3 is 9.62 Å². The molecule has 1 heterocycles. The zero-order valence-corrected chi connectivity index (χ0v) is 14.8. The Labute approximate surface area is 142 Å². The van der Waals surface area contributed by atoms with Crippen LogP contribution in [0.1, 0.15) is 37.5 Å². The molecule has 3 nitrogen and oxygen atoms in total. The van der Waals surface area contributed by atoms with Crippen molar-refractivity contribution >= 4 is 11.0 Å². The molecule has 0 unspecified atom stereocenters. The van der Waals surface area contributed by atoms with Crippen molar-refractivity contribution in [2.75, 3.05) is 0 Å². The summed E-state index contributed by atoms with van der Waals surface area (Å²) >= 11 is 0. The second-order valence-corrected chi connectivity index (χ2v) is 7.36. The first-order valence-corrected chi connectivity index (χ1v) is 8.14. The van der Waals surface area contributed by atoms with E-state index >= 15 is 0 Å². The van der Waals surface area contributed by atoms with Crippen LogP contribution in [0.15, 0.2) is 52.0 Å². The lowest BCUT2D eigenvalue weighted by atomic mass is 9.86. The molecule has 0 saturated carbocycles. The van der Waals surface area contributed by atoms with Crippen LogP contribution in [-0.4, -0.2) is 5.21 Å². The van der Waals surface area contributed by atoms with Gasteiger partial charge in [0.2, 0.25) is 0 Å². The van der Waals surface area contributed by atoms with Crippen molar-refractivity contribution in [3.63, 3.8) is 0 Å². The minimum Gasteiger partial charge on any atom is -0.456 e. The lowest BCUT2D eigenvalue weighted by Gasteiger charge is -2.19. The standard InChI is InChI=1S/C21H23NO2/c1-13-10-17-18(22-23)12-19(24-20(17)11-14(13)2)15-6-8-16(9-7-15)21(3,4)5/h6-12,23H,1-5H3/b22-18-. The number of rotatable bonds is 1. The molecule has 2 aromatic carbocycles. The van der Waals surface area contributed by atoms with Gasteiger partial charge in [0.25, 0.3) is 0 Å². The molecule has 0 amide bonds. The van der Waals surface area contributed by atoms with Crippen LogP contribution in [-0.2, 0) is 5.41 Å². The topological polar surface area (TPSA) is 45.7 Å². The Morgan fingerprint density at radius 1 is 0.917 bits per heavy atom. The zero-order chi connectivity index (χ0) is 17.5. The van der Waals surface area contributed by atoms with Crippen LogP contribution in [0.5, 0.6) is 0 Å². The van der Waals surface area contributed by atoms with Gasteiger partial charge in [0.15, 0.2) is 0 Å². The fourth-order valence-electron chi connectivity index (χ4n) is 2.78. The van der Waals surface area contributed by atoms with E-state index in [0.29, 0.717) is 11.1 Å². The first-order chi connectivity index (χ1) is 11.3. The number of nitrogens with zero attached hydrogens (tertiary/aromatic N) is 1. The summed E-state index contributed by atoms with van der Waals surface area (Å²) in [4.78, 5) is 0. The van der Waals surface area contributed by atoms with Crippen molar-refractivity contribution in [3.8, 4) is 11.3 Å². The second kappa shape index (κ2) is 5.82. The highest BCUT2D eigenvalue weighted by molar-refractivity contribution is 5.80. The molecular formula is C21H23NO2. The largest absolute Gasteiger partial charge is 0.456 e. The number of hydrogen-bond acceptors (Lipinski definition) is 3. The van der Waals surface area contributed by atoms with E-state index in [2.05, 4.69) is 38.1 Å². The molecule has 1 aromatic heterocycles. The molecule has 0 atom stereocenters. The van der Waals surface area contributed by atoms with Gasteiger partial charge in [-0.15, -0.1) is 0 Å². The average Bonchev–Trinajstić information content (AvgIpc) is 2.54. The second-order valence-electron chi connectivity index (χ2n) is 7.36. The van der Waals surface area contributed by atoms with Gasteiger partial charge in [-0.25, -0.2) is 0 Å². The van der Waals surface area contributed by atoms with Crippen molar-refractivity contribution in [2.24, 2.45) is 5.16 Å². The van der Waals surface area contributed by atoms with Crippen LogP contribution in [0, 0.1) is 13.8 Å². The van der Waals surface area contributed by atoms with Gasteiger partial charge in [-0.05, 0) is 48.1 Å². The average molecular weight is 321 g/mol. The molecule has 0 aliphatic carbocycles. The van der Waals surface area contributed by atoms with Crippen LogP contribution in [0.25, 0.3) is 22.3 Å². The molecule has 24 heavy (non-hydrogen) atoms. The third-order valence-corrected chi connectivity index (χ3v) is 4.50. The summed E-state index contributed by atoms with van der Waals surface area (Å²) in [6.07, 6.45) is 0.